The number of nitrogens with zero attached hydrogens (tertiary/aromatic N) is 1. The number of amidine groups is 1. The Morgan fingerprint density at radius 2 is 1.88 bits per heavy atom. The van der Waals surface area contributed by atoms with Crippen LogP contribution >= 0.6 is 0 Å². The van der Waals surface area contributed by atoms with Gasteiger partial charge < -0.3 is 25.8 Å². The molecule has 2 amide bonds. The van der Waals surface area contributed by atoms with Crippen molar-refractivity contribution in [2.45, 2.75) is 50.3 Å². The van der Waals surface area contributed by atoms with Crippen LogP contribution < -0.4 is 11.1 Å². The first-order valence-corrected chi connectivity index (χ1v) is 11.2. The summed E-state index contributed by atoms with van der Waals surface area (Å²) in [6, 6.07) is 15.9. The lowest BCUT2D eigenvalue weighted by atomic mass is 9.95. The number of benzene rings is 2. The van der Waals surface area contributed by atoms with Crippen LogP contribution in [0.1, 0.15) is 60.9 Å². The first-order chi connectivity index (χ1) is 16.2. The van der Waals surface area contributed by atoms with E-state index in [1.165, 1.54) is 4.90 Å². The monoisotopic (exact) mass is 466 g/mol. The Morgan fingerprint density at radius 1 is 1.21 bits per heavy atom. The molecule has 2 aromatic carbocycles. The van der Waals surface area contributed by atoms with E-state index in [4.69, 9.17) is 21.0 Å². The van der Waals surface area contributed by atoms with E-state index in [9.17, 15) is 14.4 Å². The van der Waals surface area contributed by atoms with E-state index in [1.54, 1.807) is 19.2 Å². The van der Waals surface area contributed by atoms with Crippen molar-refractivity contribution in [3.63, 3.8) is 0 Å². The Hall–Kier alpha value is -3.88. The fourth-order valence-electron chi connectivity index (χ4n) is 4.10. The average molecular weight is 467 g/mol. The summed E-state index contributed by atoms with van der Waals surface area (Å²) < 4.78 is 5.48. The average Bonchev–Trinajstić information content (AvgIpc) is 2.81. The second kappa shape index (κ2) is 11.3. The number of rotatable bonds is 10. The van der Waals surface area contributed by atoms with Gasteiger partial charge in [-0.25, -0.2) is 4.79 Å². The van der Waals surface area contributed by atoms with Crippen LogP contribution in [0.3, 0.4) is 0 Å². The van der Waals surface area contributed by atoms with E-state index in [-0.39, 0.29) is 36.7 Å². The molecular formula is C25H30N4O5. The third-order valence-corrected chi connectivity index (χ3v) is 5.95. The molecule has 34 heavy (non-hydrogen) atoms. The zero-order valence-corrected chi connectivity index (χ0v) is 19.1. The number of cyclic esters (lactones) is 1. The number of ether oxygens (including phenoxy) is 1. The summed E-state index contributed by atoms with van der Waals surface area (Å²) in [5.41, 5.74) is 7.87. The van der Waals surface area contributed by atoms with Gasteiger partial charge in [0, 0.05) is 25.5 Å². The molecule has 1 heterocycles. The van der Waals surface area contributed by atoms with Gasteiger partial charge in [0.15, 0.2) is 0 Å². The maximum atomic E-state index is 12.9. The van der Waals surface area contributed by atoms with E-state index >= 15 is 0 Å². The minimum Gasteiger partial charge on any atom is -0.481 e. The second-order valence-electron chi connectivity index (χ2n) is 8.42. The summed E-state index contributed by atoms with van der Waals surface area (Å²) >= 11 is 0. The van der Waals surface area contributed by atoms with Crippen LogP contribution in [-0.2, 0) is 14.3 Å². The molecule has 9 heteroatoms. The molecule has 1 aliphatic rings. The van der Waals surface area contributed by atoms with E-state index in [0.717, 1.165) is 11.1 Å². The van der Waals surface area contributed by atoms with Crippen LogP contribution in [-0.4, -0.2) is 47.0 Å². The molecule has 0 aromatic heterocycles. The van der Waals surface area contributed by atoms with Gasteiger partial charge in [-0.05, 0) is 24.0 Å². The Bertz CT molecular complexity index is 1030. The van der Waals surface area contributed by atoms with Crippen molar-refractivity contribution in [3.8, 4) is 0 Å². The maximum absolute atomic E-state index is 12.9. The molecule has 0 spiro atoms. The third-order valence-electron chi connectivity index (χ3n) is 5.95. The Morgan fingerprint density at radius 3 is 2.50 bits per heavy atom. The SMILES string of the molecule is CN1C(=O)OC(CC(=O)NC(CCCC(=O)O)c2ccccc2)CC1c1ccc(C(=N)N)cc1. The van der Waals surface area contributed by atoms with Gasteiger partial charge in [0.2, 0.25) is 5.91 Å². The van der Waals surface area contributed by atoms with Crippen molar-refractivity contribution < 1.29 is 24.2 Å². The van der Waals surface area contributed by atoms with E-state index < -0.39 is 18.2 Å². The summed E-state index contributed by atoms with van der Waals surface area (Å²) in [7, 11) is 1.65. The lowest BCUT2D eigenvalue weighted by Crippen LogP contribution is -2.43. The number of carbonyl (C=O) groups is 3. The number of nitrogens with one attached hydrogen (secondary N) is 2. The number of nitrogens with two attached hydrogens (primary N) is 1. The largest absolute Gasteiger partial charge is 0.481 e. The van der Waals surface area contributed by atoms with Crippen molar-refractivity contribution in [3.05, 3.63) is 71.3 Å². The summed E-state index contributed by atoms with van der Waals surface area (Å²) in [5, 5.41) is 19.5. The summed E-state index contributed by atoms with van der Waals surface area (Å²) in [4.78, 5) is 37.7. The van der Waals surface area contributed by atoms with Crippen LogP contribution in [0.25, 0.3) is 0 Å². The van der Waals surface area contributed by atoms with E-state index in [1.807, 2.05) is 42.5 Å². The predicted molar refractivity (Wildman–Crippen MR) is 126 cm³/mol. The quantitative estimate of drug-likeness (QED) is 0.312. The zero-order valence-electron chi connectivity index (χ0n) is 19.1. The van der Waals surface area contributed by atoms with Crippen molar-refractivity contribution in [1.82, 2.24) is 10.2 Å². The Kier molecular flexibility index (Phi) is 8.24. The zero-order chi connectivity index (χ0) is 24.7. The molecule has 9 nitrogen and oxygen atoms in total. The van der Waals surface area contributed by atoms with Gasteiger partial charge in [-0.3, -0.25) is 15.0 Å². The van der Waals surface area contributed by atoms with Crippen LogP contribution in [0.5, 0.6) is 0 Å². The highest BCUT2D eigenvalue weighted by molar-refractivity contribution is 5.94. The number of carboxylic acid groups (broad SMARTS) is 1. The minimum absolute atomic E-state index is 0.00384. The van der Waals surface area contributed by atoms with Crippen molar-refractivity contribution in [2.24, 2.45) is 5.73 Å². The van der Waals surface area contributed by atoms with Crippen LogP contribution in [0.15, 0.2) is 54.6 Å². The second-order valence-corrected chi connectivity index (χ2v) is 8.42. The molecule has 0 radical (unpaired) electrons. The van der Waals surface area contributed by atoms with Gasteiger partial charge in [0.05, 0.1) is 18.5 Å². The lowest BCUT2D eigenvalue weighted by molar-refractivity contribution is -0.137. The molecule has 3 atom stereocenters. The molecule has 5 N–H and O–H groups in total. The first kappa shape index (κ1) is 24.8. The van der Waals surface area contributed by atoms with Gasteiger partial charge in [0.1, 0.15) is 11.9 Å². The lowest BCUT2D eigenvalue weighted by Gasteiger charge is -2.37. The minimum atomic E-state index is -0.876. The molecule has 180 valence electrons. The summed E-state index contributed by atoms with van der Waals surface area (Å²) in [5.74, 6) is -1.18. The van der Waals surface area contributed by atoms with Gasteiger partial charge in [-0.1, -0.05) is 54.6 Å². The third kappa shape index (κ3) is 6.57. The molecule has 0 saturated carbocycles. The molecule has 1 fully saturated rings. The van der Waals surface area contributed by atoms with Gasteiger partial charge in [-0.2, -0.15) is 0 Å². The Balaban J connectivity index is 1.66. The van der Waals surface area contributed by atoms with Crippen molar-refractivity contribution in [2.75, 3.05) is 7.05 Å². The molecular weight excluding hydrogens is 436 g/mol. The predicted octanol–water partition coefficient (Wildman–Crippen LogP) is 3.35. The number of nitrogen functional groups attached to an aromatic ring is 1. The first-order valence-electron chi connectivity index (χ1n) is 11.2. The fourth-order valence-corrected chi connectivity index (χ4v) is 4.10. The molecule has 0 bridgehead atoms. The Labute approximate surface area is 198 Å². The highest BCUT2D eigenvalue weighted by Gasteiger charge is 2.35. The van der Waals surface area contributed by atoms with Crippen molar-refractivity contribution in [1.29, 1.82) is 5.41 Å². The summed E-state index contributed by atoms with van der Waals surface area (Å²) in [6.45, 7) is 0. The van der Waals surface area contributed by atoms with E-state index in [2.05, 4.69) is 5.32 Å². The number of amides is 2. The van der Waals surface area contributed by atoms with Gasteiger partial charge in [0.25, 0.3) is 0 Å². The molecule has 0 aliphatic carbocycles. The highest BCUT2D eigenvalue weighted by Crippen LogP contribution is 2.32. The van der Waals surface area contributed by atoms with E-state index in [0.29, 0.717) is 24.8 Å². The standard InChI is InChI=1S/C25H30N4O5/c1-29-21(17-10-12-18(13-11-17)24(26)27)14-19(34-25(29)33)15-22(30)28-20(8-5-9-23(31)32)16-6-3-2-4-7-16/h2-4,6-7,10-13,19-21H,5,8-9,14-15H2,1H3,(H3,26,27)(H,28,30)(H,31,32). The number of aliphatic carboxylic acids is 1. The molecule has 3 unspecified atom stereocenters. The molecule has 3 rings (SSSR count). The number of carbonyl (C=O) groups excluding carboxylic acids is 2. The smallest absolute Gasteiger partial charge is 0.410 e. The normalized spacial score (nSPS) is 18.6. The molecule has 1 saturated heterocycles. The highest BCUT2D eigenvalue weighted by atomic mass is 16.6. The maximum Gasteiger partial charge on any atom is 0.410 e. The van der Waals surface area contributed by atoms with Crippen LogP contribution in [0.4, 0.5) is 4.79 Å². The number of hydrogen-bond acceptors (Lipinski definition) is 5. The number of hydrogen-bond donors (Lipinski definition) is 4. The number of carboxylic acids is 1. The van der Waals surface area contributed by atoms with Crippen molar-refractivity contribution >= 4 is 23.8 Å². The van der Waals surface area contributed by atoms with Gasteiger partial charge >= 0.3 is 12.1 Å². The molecule has 1 aliphatic heterocycles. The van der Waals surface area contributed by atoms with Gasteiger partial charge in [-0.15, -0.1) is 0 Å². The molecule has 2 aromatic rings. The topological polar surface area (TPSA) is 146 Å². The van der Waals surface area contributed by atoms with Crippen LogP contribution in [0, 0.1) is 5.41 Å². The summed E-state index contributed by atoms with van der Waals surface area (Å²) in [6.07, 6.45) is 0.267. The van der Waals surface area contributed by atoms with Crippen LogP contribution in [0.2, 0.25) is 0 Å². The fraction of sp³-hybridized carbons (Fsp3) is 0.360.